The van der Waals surface area contributed by atoms with E-state index in [4.69, 9.17) is 9.97 Å². The minimum atomic E-state index is -0.131. The number of rotatable bonds is 5. The van der Waals surface area contributed by atoms with E-state index in [-0.39, 0.29) is 6.04 Å². The zero-order valence-corrected chi connectivity index (χ0v) is 18.2. The van der Waals surface area contributed by atoms with Crippen molar-refractivity contribution in [3.05, 3.63) is 95.7 Å². The molecule has 1 aromatic heterocycles. The summed E-state index contributed by atoms with van der Waals surface area (Å²) in [6.45, 7) is 1.51. The monoisotopic (exact) mass is 434 g/mol. The zero-order chi connectivity index (χ0) is 22.2. The number of hydroxylamine groups is 1. The van der Waals surface area contributed by atoms with Crippen molar-refractivity contribution in [2.45, 2.75) is 18.9 Å². The first-order chi connectivity index (χ1) is 16.3. The van der Waals surface area contributed by atoms with E-state index in [9.17, 15) is 5.21 Å². The molecule has 6 rings (SSSR count). The summed E-state index contributed by atoms with van der Waals surface area (Å²) in [6.07, 6.45) is 7.64. The van der Waals surface area contributed by atoms with E-state index in [0.29, 0.717) is 6.67 Å². The van der Waals surface area contributed by atoms with Gasteiger partial charge in [-0.3, -0.25) is 0 Å². The van der Waals surface area contributed by atoms with Crippen LogP contribution in [0.15, 0.2) is 90.5 Å². The van der Waals surface area contributed by atoms with E-state index in [1.165, 1.54) is 16.3 Å². The Balaban J connectivity index is 1.35. The minimum Gasteiger partial charge on any atom is -0.787 e. The molecule has 6 heteroatoms. The van der Waals surface area contributed by atoms with E-state index in [0.717, 1.165) is 47.7 Å². The normalized spacial score (nSPS) is 17.6. The van der Waals surface area contributed by atoms with Crippen LogP contribution in [0.3, 0.4) is 0 Å². The third-order valence-electron chi connectivity index (χ3n) is 6.46. The fourth-order valence-corrected chi connectivity index (χ4v) is 4.69. The molecule has 2 aliphatic rings. The summed E-state index contributed by atoms with van der Waals surface area (Å²) in [7, 11) is 0. The quantitative estimate of drug-likeness (QED) is 0.423. The zero-order valence-electron chi connectivity index (χ0n) is 18.2. The van der Waals surface area contributed by atoms with Gasteiger partial charge in [0.1, 0.15) is 0 Å². The molecule has 1 N–H and O–H groups in total. The molecule has 3 aromatic carbocycles. The SMILES string of the molecule is [O-]NC1C=CC=C(CCN2CN(c3ccc4ccccc4c3)c3nc4ccccc4nc32)C1. The van der Waals surface area contributed by atoms with Crippen molar-refractivity contribution in [1.29, 1.82) is 0 Å². The number of allylic oxidation sites excluding steroid dienone is 2. The number of aromatic nitrogens is 2. The van der Waals surface area contributed by atoms with Gasteiger partial charge in [0.15, 0.2) is 11.6 Å². The molecule has 1 atom stereocenters. The topological polar surface area (TPSA) is 67.3 Å². The molecule has 164 valence electrons. The summed E-state index contributed by atoms with van der Waals surface area (Å²) in [6, 6.07) is 22.8. The van der Waals surface area contributed by atoms with Gasteiger partial charge in [0.2, 0.25) is 0 Å². The highest BCUT2D eigenvalue weighted by Crippen LogP contribution is 2.40. The molecule has 0 saturated heterocycles. The lowest BCUT2D eigenvalue weighted by molar-refractivity contribution is 0.659. The van der Waals surface area contributed by atoms with Crippen LogP contribution in [0.1, 0.15) is 12.8 Å². The van der Waals surface area contributed by atoms with Crippen LogP contribution in [-0.2, 0) is 0 Å². The fourth-order valence-electron chi connectivity index (χ4n) is 4.69. The Morgan fingerprint density at radius 2 is 1.67 bits per heavy atom. The third-order valence-corrected chi connectivity index (χ3v) is 6.46. The maximum absolute atomic E-state index is 11.1. The summed E-state index contributed by atoms with van der Waals surface area (Å²) in [5.74, 6) is 1.80. The molecule has 1 aliphatic heterocycles. The van der Waals surface area contributed by atoms with Gasteiger partial charge in [-0.25, -0.2) is 9.97 Å². The van der Waals surface area contributed by atoms with Crippen LogP contribution in [0.25, 0.3) is 21.8 Å². The average Bonchev–Trinajstić information content (AvgIpc) is 3.23. The van der Waals surface area contributed by atoms with Crippen LogP contribution in [0.4, 0.5) is 17.3 Å². The third kappa shape index (κ3) is 3.73. The van der Waals surface area contributed by atoms with Gasteiger partial charge in [-0.05, 0) is 47.9 Å². The summed E-state index contributed by atoms with van der Waals surface area (Å²) >= 11 is 0. The van der Waals surface area contributed by atoms with Crippen molar-refractivity contribution in [3.8, 4) is 0 Å². The lowest BCUT2D eigenvalue weighted by Gasteiger charge is -2.25. The van der Waals surface area contributed by atoms with Crippen molar-refractivity contribution in [3.63, 3.8) is 0 Å². The predicted octanol–water partition coefficient (Wildman–Crippen LogP) is 5.43. The van der Waals surface area contributed by atoms with E-state index in [2.05, 4.69) is 63.8 Å². The van der Waals surface area contributed by atoms with Gasteiger partial charge in [0.05, 0.1) is 17.7 Å². The molecular weight excluding hydrogens is 410 g/mol. The number of nitrogens with zero attached hydrogens (tertiary/aromatic N) is 4. The number of hydrogen-bond donors (Lipinski definition) is 1. The predicted molar refractivity (Wildman–Crippen MR) is 135 cm³/mol. The van der Waals surface area contributed by atoms with Gasteiger partial charge < -0.3 is 20.5 Å². The molecule has 0 saturated carbocycles. The van der Waals surface area contributed by atoms with Gasteiger partial charge >= 0.3 is 0 Å². The molecule has 1 unspecified atom stereocenters. The molecule has 0 amide bonds. The van der Waals surface area contributed by atoms with Crippen molar-refractivity contribution in [2.24, 2.45) is 0 Å². The lowest BCUT2D eigenvalue weighted by Crippen LogP contribution is -2.30. The smallest absolute Gasteiger partial charge is 0.178 e. The van der Waals surface area contributed by atoms with Gasteiger partial charge in [-0.1, -0.05) is 66.3 Å². The van der Waals surface area contributed by atoms with Crippen LogP contribution >= 0.6 is 0 Å². The van der Waals surface area contributed by atoms with Crippen molar-refractivity contribution < 1.29 is 0 Å². The molecule has 0 fully saturated rings. The Morgan fingerprint density at radius 1 is 0.909 bits per heavy atom. The molecule has 33 heavy (non-hydrogen) atoms. The van der Waals surface area contributed by atoms with E-state index >= 15 is 0 Å². The lowest BCUT2D eigenvalue weighted by atomic mass is 9.98. The number of benzene rings is 3. The highest BCUT2D eigenvalue weighted by Gasteiger charge is 2.30. The van der Waals surface area contributed by atoms with Gasteiger partial charge in [-0.15, -0.1) is 0 Å². The molecule has 1 aliphatic carbocycles. The van der Waals surface area contributed by atoms with Crippen molar-refractivity contribution in [2.75, 3.05) is 23.0 Å². The maximum Gasteiger partial charge on any atom is 0.178 e. The van der Waals surface area contributed by atoms with Gasteiger partial charge in [0.25, 0.3) is 0 Å². The Hall–Kier alpha value is -3.74. The Morgan fingerprint density at radius 3 is 2.48 bits per heavy atom. The van der Waals surface area contributed by atoms with Gasteiger partial charge in [0, 0.05) is 18.3 Å². The molecule has 0 bridgehead atoms. The standard InChI is InChI=1S/C27H24N5O/c33-30-22-9-5-6-19(16-22)14-15-31-18-32(23-13-12-20-7-1-2-8-21(20)17-23)27-26(31)28-24-10-3-4-11-25(24)29-27/h1-13,17,22,30H,14-16,18H2/q-1. The molecular formula is C27H24N5O-. The van der Waals surface area contributed by atoms with E-state index in [1.54, 1.807) is 0 Å². The first kappa shape index (κ1) is 19.9. The van der Waals surface area contributed by atoms with Gasteiger partial charge in [-0.2, -0.15) is 0 Å². The molecule has 0 radical (unpaired) electrons. The number of hydrogen-bond acceptors (Lipinski definition) is 6. The summed E-state index contributed by atoms with van der Waals surface area (Å²) in [5, 5.41) is 13.5. The second-order valence-electron chi connectivity index (χ2n) is 8.61. The van der Waals surface area contributed by atoms with Crippen LogP contribution in [0.2, 0.25) is 0 Å². The maximum atomic E-state index is 11.1. The highest BCUT2D eigenvalue weighted by molar-refractivity contribution is 5.90. The highest BCUT2D eigenvalue weighted by atomic mass is 16.5. The number of anilines is 3. The molecule has 2 heterocycles. The number of nitrogens with one attached hydrogen (secondary N) is 1. The first-order valence-corrected chi connectivity index (χ1v) is 11.3. The van der Waals surface area contributed by atoms with Crippen LogP contribution in [-0.4, -0.2) is 29.2 Å². The van der Waals surface area contributed by atoms with Crippen molar-refractivity contribution >= 4 is 39.1 Å². The number of para-hydroxylation sites is 2. The van der Waals surface area contributed by atoms with Crippen LogP contribution in [0.5, 0.6) is 0 Å². The Kier molecular flexibility index (Phi) is 5.02. The number of fused-ring (bicyclic) bond motifs is 3. The second kappa shape index (κ2) is 8.31. The summed E-state index contributed by atoms with van der Waals surface area (Å²) in [4.78, 5) is 14.5. The summed E-state index contributed by atoms with van der Waals surface area (Å²) in [5.41, 5.74) is 6.29. The Labute approximate surface area is 192 Å². The Bertz CT molecular complexity index is 1400. The summed E-state index contributed by atoms with van der Waals surface area (Å²) < 4.78 is 0. The minimum absolute atomic E-state index is 0.131. The van der Waals surface area contributed by atoms with Crippen LogP contribution in [0, 0.1) is 5.21 Å². The second-order valence-corrected chi connectivity index (χ2v) is 8.61. The van der Waals surface area contributed by atoms with Crippen molar-refractivity contribution in [1.82, 2.24) is 15.4 Å². The fraction of sp³-hybridized carbons (Fsp3) is 0.185. The first-order valence-electron chi connectivity index (χ1n) is 11.3. The molecule has 0 spiro atoms. The van der Waals surface area contributed by atoms with Crippen LogP contribution < -0.4 is 15.3 Å². The average molecular weight is 435 g/mol. The molecule has 6 nitrogen and oxygen atoms in total. The van der Waals surface area contributed by atoms with E-state index in [1.807, 2.05) is 36.4 Å². The van der Waals surface area contributed by atoms with E-state index < -0.39 is 0 Å². The molecule has 4 aromatic rings. The largest absolute Gasteiger partial charge is 0.787 e.